The van der Waals surface area contributed by atoms with Crippen LogP contribution in [0.3, 0.4) is 0 Å². The van der Waals surface area contributed by atoms with Gasteiger partial charge in [-0.15, -0.1) is 0 Å². The molecule has 1 atom stereocenters. The van der Waals surface area contributed by atoms with Crippen molar-refractivity contribution in [1.82, 2.24) is 5.32 Å². The lowest BCUT2D eigenvalue weighted by Crippen LogP contribution is -2.30. The summed E-state index contributed by atoms with van der Waals surface area (Å²) in [6.07, 6.45) is 2.31. The van der Waals surface area contributed by atoms with Gasteiger partial charge in [-0.3, -0.25) is 19.7 Å². The Kier molecular flexibility index (Phi) is 8.10. The summed E-state index contributed by atoms with van der Waals surface area (Å²) in [6.45, 7) is 3.40. The minimum atomic E-state index is -0.916. The van der Waals surface area contributed by atoms with Gasteiger partial charge < -0.3 is 14.8 Å². The minimum absolute atomic E-state index is 0.183. The third-order valence-electron chi connectivity index (χ3n) is 4.08. The molecule has 0 aliphatic heterocycles. The third-order valence-corrected chi connectivity index (χ3v) is 4.08. The van der Waals surface area contributed by atoms with Crippen molar-refractivity contribution in [3.8, 4) is 5.75 Å². The van der Waals surface area contributed by atoms with E-state index >= 15 is 0 Å². The lowest BCUT2D eigenvalue weighted by molar-refractivity contribution is -0.385. The van der Waals surface area contributed by atoms with Gasteiger partial charge in [-0.1, -0.05) is 30.3 Å². The maximum absolute atomic E-state index is 12.5. The molecule has 0 radical (unpaired) electrons. The Bertz CT molecular complexity index is 939. The molecule has 30 heavy (non-hydrogen) atoms. The van der Waals surface area contributed by atoms with Crippen LogP contribution >= 0.6 is 0 Å². The van der Waals surface area contributed by atoms with E-state index in [0.717, 1.165) is 5.56 Å². The standard InChI is InChI=1S/C22H24N2O6/c1-15(2)30-22(26)14-19(18-9-4-5-10-20(18)24(27)28)23-21(25)12-11-16-7-6-8-17(13-16)29-3/h4-13,15,19H,14H2,1-3H3,(H,23,25)/b12-11+. The fourth-order valence-corrected chi connectivity index (χ4v) is 2.80. The predicted octanol–water partition coefficient (Wildman–Crippen LogP) is 3.82. The van der Waals surface area contributed by atoms with Gasteiger partial charge in [0.1, 0.15) is 5.75 Å². The molecular weight excluding hydrogens is 388 g/mol. The molecule has 8 heteroatoms. The third kappa shape index (κ3) is 6.73. The van der Waals surface area contributed by atoms with E-state index < -0.39 is 22.8 Å². The van der Waals surface area contributed by atoms with Crippen molar-refractivity contribution in [2.45, 2.75) is 32.4 Å². The lowest BCUT2D eigenvalue weighted by Gasteiger charge is -2.18. The second-order valence-corrected chi connectivity index (χ2v) is 6.73. The first-order valence-corrected chi connectivity index (χ1v) is 9.35. The molecule has 158 valence electrons. The largest absolute Gasteiger partial charge is 0.497 e. The summed E-state index contributed by atoms with van der Waals surface area (Å²) in [7, 11) is 1.54. The topological polar surface area (TPSA) is 108 Å². The van der Waals surface area contributed by atoms with E-state index in [1.165, 1.54) is 24.3 Å². The normalized spacial score (nSPS) is 11.9. The number of rotatable bonds is 9. The van der Waals surface area contributed by atoms with Crippen LogP contribution in [0.25, 0.3) is 6.08 Å². The van der Waals surface area contributed by atoms with E-state index in [-0.39, 0.29) is 23.8 Å². The van der Waals surface area contributed by atoms with E-state index in [9.17, 15) is 19.7 Å². The molecule has 0 aromatic heterocycles. The smallest absolute Gasteiger partial charge is 0.308 e. The number of methoxy groups -OCH3 is 1. The molecule has 0 saturated heterocycles. The summed E-state index contributed by atoms with van der Waals surface area (Å²) in [5.74, 6) is -0.421. The highest BCUT2D eigenvalue weighted by Crippen LogP contribution is 2.27. The monoisotopic (exact) mass is 412 g/mol. The van der Waals surface area contributed by atoms with E-state index in [2.05, 4.69) is 5.32 Å². The highest BCUT2D eigenvalue weighted by molar-refractivity contribution is 5.92. The number of carbonyl (C=O) groups is 2. The van der Waals surface area contributed by atoms with Gasteiger partial charge in [0.15, 0.2) is 0 Å². The second kappa shape index (κ2) is 10.8. The molecule has 2 aromatic rings. The average Bonchev–Trinajstić information content (AvgIpc) is 2.71. The Labute approximate surface area is 174 Å². The van der Waals surface area contributed by atoms with Crippen LogP contribution in [0, 0.1) is 10.1 Å². The van der Waals surface area contributed by atoms with Crippen molar-refractivity contribution in [3.63, 3.8) is 0 Å². The molecule has 0 aliphatic rings. The molecular formula is C22H24N2O6. The van der Waals surface area contributed by atoms with Crippen LogP contribution in [0.1, 0.15) is 37.4 Å². The van der Waals surface area contributed by atoms with E-state index in [0.29, 0.717) is 5.75 Å². The van der Waals surface area contributed by atoms with Crippen LogP contribution < -0.4 is 10.1 Å². The first-order valence-electron chi connectivity index (χ1n) is 9.35. The van der Waals surface area contributed by atoms with Gasteiger partial charge in [0.05, 0.1) is 36.2 Å². The van der Waals surface area contributed by atoms with Crippen LogP contribution in [0.2, 0.25) is 0 Å². The van der Waals surface area contributed by atoms with Gasteiger partial charge in [-0.05, 0) is 37.6 Å². The van der Waals surface area contributed by atoms with Crippen molar-refractivity contribution < 1.29 is 24.0 Å². The zero-order chi connectivity index (χ0) is 22.1. The van der Waals surface area contributed by atoms with Gasteiger partial charge >= 0.3 is 5.97 Å². The Morgan fingerprint density at radius 2 is 1.90 bits per heavy atom. The Balaban J connectivity index is 2.24. The molecule has 0 heterocycles. The number of esters is 1. The molecule has 0 saturated carbocycles. The van der Waals surface area contributed by atoms with Crippen LogP contribution in [-0.2, 0) is 14.3 Å². The maximum Gasteiger partial charge on any atom is 0.308 e. The summed E-state index contributed by atoms with van der Waals surface area (Å²) in [4.78, 5) is 35.5. The molecule has 1 unspecified atom stereocenters. The number of ether oxygens (including phenoxy) is 2. The number of hydrogen-bond acceptors (Lipinski definition) is 6. The Morgan fingerprint density at radius 1 is 1.17 bits per heavy atom. The van der Waals surface area contributed by atoms with Gasteiger partial charge in [-0.2, -0.15) is 0 Å². The first-order chi connectivity index (χ1) is 14.3. The van der Waals surface area contributed by atoms with Crippen molar-refractivity contribution in [2.24, 2.45) is 0 Å². The first kappa shape index (κ1) is 22.6. The number of benzene rings is 2. The molecule has 2 rings (SSSR count). The van der Waals surface area contributed by atoms with Crippen molar-refractivity contribution in [1.29, 1.82) is 0 Å². The maximum atomic E-state index is 12.5. The second-order valence-electron chi connectivity index (χ2n) is 6.73. The number of hydrogen-bond donors (Lipinski definition) is 1. The van der Waals surface area contributed by atoms with Crippen molar-refractivity contribution in [2.75, 3.05) is 7.11 Å². The van der Waals surface area contributed by atoms with Crippen LogP contribution in [-0.4, -0.2) is 30.0 Å². The fraction of sp³-hybridized carbons (Fsp3) is 0.273. The lowest BCUT2D eigenvalue weighted by atomic mass is 10.0. The SMILES string of the molecule is COc1cccc(/C=C/C(=O)NC(CC(=O)OC(C)C)c2ccccc2[N+](=O)[O-])c1. The van der Waals surface area contributed by atoms with Gasteiger partial charge in [0, 0.05) is 12.1 Å². The number of carbonyl (C=O) groups excluding carboxylic acids is 2. The number of nitrogens with zero attached hydrogens (tertiary/aromatic N) is 1. The fourth-order valence-electron chi connectivity index (χ4n) is 2.80. The molecule has 0 bridgehead atoms. The number of para-hydroxylation sites is 1. The van der Waals surface area contributed by atoms with E-state index in [1.54, 1.807) is 57.4 Å². The molecule has 0 fully saturated rings. The highest BCUT2D eigenvalue weighted by Gasteiger charge is 2.26. The van der Waals surface area contributed by atoms with Crippen LogP contribution in [0.5, 0.6) is 5.75 Å². The summed E-state index contributed by atoms with van der Waals surface area (Å²) in [5, 5.41) is 14.1. The summed E-state index contributed by atoms with van der Waals surface area (Å²) in [6, 6.07) is 12.2. The summed E-state index contributed by atoms with van der Waals surface area (Å²) >= 11 is 0. The molecule has 2 aromatic carbocycles. The average molecular weight is 412 g/mol. The molecule has 0 aliphatic carbocycles. The number of amides is 1. The summed E-state index contributed by atoms with van der Waals surface area (Å²) < 4.78 is 10.3. The summed E-state index contributed by atoms with van der Waals surface area (Å²) in [5.41, 5.74) is 0.786. The van der Waals surface area contributed by atoms with Crippen LogP contribution in [0.15, 0.2) is 54.6 Å². The molecule has 8 nitrogen and oxygen atoms in total. The zero-order valence-corrected chi connectivity index (χ0v) is 17.0. The Hall–Kier alpha value is -3.68. The highest BCUT2D eigenvalue weighted by atomic mass is 16.6. The van der Waals surface area contributed by atoms with Crippen molar-refractivity contribution >= 4 is 23.6 Å². The minimum Gasteiger partial charge on any atom is -0.497 e. The Morgan fingerprint density at radius 3 is 2.57 bits per heavy atom. The number of nitro benzene ring substituents is 1. The van der Waals surface area contributed by atoms with Crippen molar-refractivity contribution in [3.05, 3.63) is 75.8 Å². The number of nitro groups is 1. The quantitative estimate of drug-likeness (QED) is 0.290. The molecule has 1 N–H and O–H groups in total. The molecule has 0 spiro atoms. The predicted molar refractivity (Wildman–Crippen MR) is 112 cm³/mol. The number of nitrogens with one attached hydrogen (secondary N) is 1. The van der Waals surface area contributed by atoms with Gasteiger partial charge in [-0.25, -0.2) is 0 Å². The van der Waals surface area contributed by atoms with Gasteiger partial charge in [0.25, 0.3) is 5.69 Å². The van der Waals surface area contributed by atoms with E-state index in [1.807, 2.05) is 0 Å². The molecule has 1 amide bonds. The van der Waals surface area contributed by atoms with E-state index in [4.69, 9.17) is 9.47 Å². The zero-order valence-electron chi connectivity index (χ0n) is 17.0. The van der Waals surface area contributed by atoms with Gasteiger partial charge in [0.2, 0.25) is 5.91 Å². The van der Waals surface area contributed by atoms with Crippen LogP contribution in [0.4, 0.5) is 5.69 Å².